The summed E-state index contributed by atoms with van der Waals surface area (Å²) in [5.74, 6) is -1.37. The average Bonchev–Trinajstić information content (AvgIpc) is 2.41. The predicted molar refractivity (Wildman–Crippen MR) is 78.5 cm³/mol. The zero-order chi connectivity index (χ0) is 15.6. The summed E-state index contributed by atoms with van der Waals surface area (Å²) in [6.45, 7) is 0. The fourth-order valence-electron chi connectivity index (χ4n) is 1.45. The van der Waals surface area contributed by atoms with Gasteiger partial charge in [-0.15, -0.1) is 0 Å². The Balaban J connectivity index is 2.35. The lowest BCUT2D eigenvalue weighted by Gasteiger charge is -2.08. The number of pyridine rings is 1. The lowest BCUT2D eigenvalue weighted by Crippen LogP contribution is -2.15. The van der Waals surface area contributed by atoms with Crippen molar-refractivity contribution in [3.05, 3.63) is 52.1 Å². The number of benzene rings is 1. The van der Waals surface area contributed by atoms with E-state index in [-0.39, 0.29) is 26.5 Å². The standard InChI is InChI=1S/C12H8Cl2N2O4S/c13-8-5-4-7(6-9(8)14)21(19,20)16-11-3-1-2-10(15-11)12(17)18/h1-6H,(H,15,16)(H,17,18). The third-order valence-electron chi connectivity index (χ3n) is 2.41. The van der Waals surface area contributed by atoms with E-state index >= 15 is 0 Å². The highest BCUT2D eigenvalue weighted by molar-refractivity contribution is 7.92. The van der Waals surface area contributed by atoms with Crippen LogP contribution in [0.1, 0.15) is 10.5 Å². The first-order valence-electron chi connectivity index (χ1n) is 5.48. The van der Waals surface area contributed by atoms with E-state index < -0.39 is 16.0 Å². The van der Waals surface area contributed by atoms with Crippen LogP contribution in [-0.4, -0.2) is 24.5 Å². The number of hydrogen-bond donors (Lipinski definition) is 2. The number of anilines is 1. The summed E-state index contributed by atoms with van der Waals surface area (Å²) < 4.78 is 26.5. The van der Waals surface area contributed by atoms with Crippen LogP contribution in [0, 0.1) is 0 Å². The van der Waals surface area contributed by atoms with Crippen molar-refractivity contribution in [2.24, 2.45) is 0 Å². The molecular formula is C12H8Cl2N2O4S. The molecule has 0 aliphatic heterocycles. The minimum Gasteiger partial charge on any atom is -0.477 e. The van der Waals surface area contributed by atoms with E-state index in [1.165, 1.54) is 36.4 Å². The van der Waals surface area contributed by atoms with E-state index in [1.807, 2.05) is 0 Å². The first-order valence-corrected chi connectivity index (χ1v) is 7.72. The Labute approximate surface area is 130 Å². The molecule has 0 atom stereocenters. The van der Waals surface area contributed by atoms with Gasteiger partial charge in [0.1, 0.15) is 5.82 Å². The molecule has 0 aliphatic rings. The molecule has 1 aromatic heterocycles. The van der Waals surface area contributed by atoms with Crippen LogP contribution in [0.25, 0.3) is 0 Å². The molecule has 6 nitrogen and oxygen atoms in total. The lowest BCUT2D eigenvalue weighted by molar-refractivity contribution is 0.0690. The number of nitrogens with zero attached hydrogens (tertiary/aromatic N) is 1. The summed E-state index contributed by atoms with van der Waals surface area (Å²) in [6.07, 6.45) is 0. The third-order valence-corrected chi connectivity index (χ3v) is 4.50. The number of sulfonamides is 1. The van der Waals surface area contributed by atoms with Crippen molar-refractivity contribution in [1.82, 2.24) is 4.98 Å². The molecule has 2 N–H and O–H groups in total. The Hall–Kier alpha value is -1.83. The zero-order valence-electron chi connectivity index (χ0n) is 10.2. The summed E-state index contributed by atoms with van der Waals surface area (Å²) in [5, 5.41) is 9.13. The van der Waals surface area contributed by atoms with Crippen molar-refractivity contribution in [2.45, 2.75) is 4.90 Å². The van der Waals surface area contributed by atoms with Crippen LogP contribution in [0.3, 0.4) is 0 Å². The maximum absolute atomic E-state index is 12.1. The molecular weight excluding hydrogens is 339 g/mol. The van der Waals surface area contributed by atoms with E-state index in [4.69, 9.17) is 28.3 Å². The molecule has 110 valence electrons. The Bertz CT molecular complexity index is 809. The van der Waals surface area contributed by atoms with Crippen LogP contribution in [0.4, 0.5) is 5.82 Å². The number of carbonyl (C=O) groups is 1. The fourth-order valence-corrected chi connectivity index (χ4v) is 2.84. The van der Waals surface area contributed by atoms with Crippen molar-refractivity contribution in [2.75, 3.05) is 4.72 Å². The van der Waals surface area contributed by atoms with Gasteiger partial charge in [0, 0.05) is 0 Å². The van der Waals surface area contributed by atoms with Gasteiger partial charge >= 0.3 is 5.97 Å². The Kier molecular flexibility index (Phi) is 4.36. The molecule has 2 aromatic rings. The van der Waals surface area contributed by atoms with Gasteiger partial charge in [0.05, 0.1) is 14.9 Å². The molecule has 9 heteroatoms. The average molecular weight is 347 g/mol. The summed E-state index contributed by atoms with van der Waals surface area (Å²) >= 11 is 11.5. The van der Waals surface area contributed by atoms with E-state index in [0.29, 0.717) is 0 Å². The Morgan fingerprint density at radius 2 is 1.86 bits per heavy atom. The minimum atomic E-state index is -3.94. The van der Waals surface area contributed by atoms with Gasteiger partial charge in [-0.25, -0.2) is 18.2 Å². The van der Waals surface area contributed by atoms with Crippen LogP contribution in [0.2, 0.25) is 10.0 Å². The van der Waals surface area contributed by atoms with Gasteiger partial charge in [-0.3, -0.25) is 4.72 Å². The van der Waals surface area contributed by atoms with Crippen LogP contribution in [0.15, 0.2) is 41.3 Å². The zero-order valence-corrected chi connectivity index (χ0v) is 12.6. The molecule has 21 heavy (non-hydrogen) atoms. The summed E-state index contributed by atoms with van der Waals surface area (Å²) in [4.78, 5) is 14.4. The van der Waals surface area contributed by atoms with Crippen molar-refractivity contribution >= 4 is 45.0 Å². The highest BCUT2D eigenvalue weighted by atomic mass is 35.5. The van der Waals surface area contributed by atoms with Gasteiger partial charge in [0.15, 0.2) is 5.69 Å². The Morgan fingerprint density at radius 3 is 2.48 bits per heavy atom. The molecule has 0 aliphatic carbocycles. The number of halogens is 2. The molecule has 0 spiro atoms. The number of hydrogen-bond acceptors (Lipinski definition) is 4. The van der Waals surface area contributed by atoms with Crippen molar-refractivity contribution in [3.8, 4) is 0 Å². The SMILES string of the molecule is O=C(O)c1cccc(NS(=O)(=O)c2ccc(Cl)c(Cl)c2)n1. The maximum Gasteiger partial charge on any atom is 0.354 e. The quantitative estimate of drug-likeness (QED) is 0.887. The van der Waals surface area contributed by atoms with Gasteiger partial charge in [-0.05, 0) is 30.3 Å². The monoisotopic (exact) mass is 346 g/mol. The number of aromatic carboxylic acids is 1. The topological polar surface area (TPSA) is 96.4 Å². The molecule has 0 fully saturated rings. The number of carboxylic acid groups (broad SMARTS) is 1. The van der Waals surface area contributed by atoms with Gasteiger partial charge < -0.3 is 5.11 Å². The molecule has 0 radical (unpaired) electrons. The second-order valence-corrected chi connectivity index (χ2v) is 6.39. The van der Waals surface area contributed by atoms with Crippen LogP contribution in [0.5, 0.6) is 0 Å². The van der Waals surface area contributed by atoms with E-state index in [1.54, 1.807) is 0 Å². The number of rotatable bonds is 4. The van der Waals surface area contributed by atoms with E-state index in [9.17, 15) is 13.2 Å². The highest BCUT2D eigenvalue weighted by Crippen LogP contribution is 2.25. The smallest absolute Gasteiger partial charge is 0.354 e. The van der Waals surface area contributed by atoms with Crippen LogP contribution < -0.4 is 4.72 Å². The number of carboxylic acids is 1. The summed E-state index contributed by atoms with van der Waals surface area (Å²) in [5.41, 5.74) is -0.274. The number of nitrogens with one attached hydrogen (secondary N) is 1. The van der Waals surface area contributed by atoms with Gasteiger partial charge in [-0.1, -0.05) is 29.3 Å². The first-order chi connectivity index (χ1) is 9.79. The molecule has 1 heterocycles. The highest BCUT2D eigenvalue weighted by Gasteiger charge is 2.17. The molecule has 2 rings (SSSR count). The molecule has 0 bridgehead atoms. The molecule has 0 amide bonds. The van der Waals surface area contributed by atoms with E-state index in [2.05, 4.69) is 9.71 Å². The van der Waals surface area contributed by atoms with Gasteiger partial charge in [-0.2, -0.15) is 0 Å². The molecule has 0 unspecified atom stereocenters. The predicted octanol–water partition coefficient (Wildman–Crippen LogP) is 2.89. The lowest BCUT2D eigenvalue weighted by atomic mass is 10.3. The van der Waals surface area contributed by atoms with Crippen LogP contribution >= 0.6 is 23.2 Å². The maximum atomic E-state index is 12.1. The first kappa shape index (κ1) is 15.6. The molecule has 0 saturated heterocycles. The van der Waals surface area contributed by atoms with Crippen molar-refractivity contribution in [1.29, 1.82) is 0 Å². The number of aromatic nitrogens is 1. The Morgan fingerprint density at radius 1 is 1.14 bits per heavy atom. The van der Waals surface area contributed by atoms with Crippen molar-refractivity contribution in [3.63, 3.8) is 0 Å². The van der Waals surface area contributed by atoms with E-state index in [0.717, 1.165) is 0 Å². The molecule has 0 saturated carbocycles. The normalized spacial score (nSPS) is 11.1. The van der Waals surface area contributed by atoms with Gasteiger partial charge in [0.25, 0.3) is 10.0 Å². The summed E-state index contributed by atoms with van der Waals surface area (Å²) in [6, 6.07) is 7.77. The van der Waals surface area contributed by atoms with Crippen LogP contribution in [-0.2, 0) is 10.0 Å². The minimum absolute atomic E-state index is 0.0896. The fraction of sp³-hybridized carbons (Fsp3) is 0. The summed E-state index contributed by atoms with van der Waals surface area (Å²) in [7, 11) is -3.94. The second kappa shape index (κ2) is 5.88. The third kappa shape index (κ3) is 3.63. The van der Waals surface area contributed by atoms with Gasteiger partial charge in [0.2, 0.25) is 0 Å². The second-order valence-electron chi connectivity index (χ2n) is 3.89. The molecule has 1 aromatic carbocycles. The van der Waals surface area contributed by atoms with Crippen molar-refractivity contribution < 1.29 is 18.3 Å². The largest absolute Gasteiger partial charge is 0.477 e.